The zero-order chi connectivity index (χ0) is 14.2. The van der Waals surface area contributed by atoms with Gasteiger partial charge in [0.1, 0.15) is 0 Å². The number of nitrogens with two attached hydrogens (primary N) is 1. The van der Waals surface area contributed by atoms with E-state index in [4.69, 9.17) is 10.7 Å². The number of benzene rings is 3. The molecule has 0 atom stereocenters. The highest BCUT2D eigenvalue weighted by atomic mass is 15.0. The SMILES string of the molecule is Nc1ccc(C2=Nc3cc4ccccc4cc3NC2)cc1. The van der Waals surface area contributed by atoms with Crippen LogP contribution in [0.15, 0.2) is 65.7 Å². The highest BCUT2D eigenvalue weighted by molar-refractivity contribution is 6.08. The standard InChI is InChI=1S/C18H15N3/c19-15-7-5-12(6-8-15)18-11-20-16-9-13-3-1-2-4-14(13)10-17(16)21-18/h1-10,20H,11,19H2. The second-order valence-electron chi connectivity index (χ2n) is 5.25. The predicted molar refractivity (Wildman–Crippen MR) is 89.5 cm³/mol. The van der Waals surface area contributed by atoms with Gasteiger partial charge in [0.25, 0.3) is 0 Å². The minimum Gasteiger partial charge on any atom is -0.399 e. The highest BCUT2D eigenvalue weighted by Crippen LogP contribution is 2.33. The summed E-state index contributed by atoms with van der Waals surface area (Å²) in [5.74, 6) is 0. The van der Waals surface area contributed by atoms with E-state index in [0.29, 0.717) is 0 Å². The summed E-state index contributed by atoms with van der Waals surface area (Å²) in [5.41, 5.74) is 10.7. The summed E-state index contributed by atoms with van der Waals surface area (Å²) in [5, 5.41) is 5.90. The number of hydrogen-bond donors (Lipinski definition) is 2. The lowest BCUT2D eigenvalue weighted by atomic mass is 10.0. The maximum absolute atomic E-state index is 5.74. The predicted octanol–water partition coefficient (Wildman–Crippen LogP) is 3.97. The van der Waals surface area contributed by atoms with Crippen molar-refractivity contribution in [2.45, 2.75) is 0 Å². The van der Waals surface area contributed by atoms with Crippen molar-refractivity contribution in [3.8, 4) is 0 Å². The van der Waals surface area contributed by atoms with Gasteiger partial charge in [-0.1, -0.05) is 36.4 Å². The summed E-state index contributed by atoms with van der Waals surface area (Å²) in [6.45, 7) is 0.731. The van der Waals surface area contributed by atoms with Gasteiger partial charge in [-0.05, 0) is 40.6 Å². The largest absolute Gasteiger partial charge is 0.399 e. The van der Waals surface area contributed by atoms with Crippen molar-refractivity contribution < 1.29 is 0 Å². The van der Waals surface area contributed by atoms with E-state index < -0.39 is 0 Å². The van der Waals surface area contributed by atoms with Crippen molar-refractivity contribution in [3.05, 3.63) is 66.2 Å². The van der Waals surface area contributed by atoms with E-state index in [1.165, 1.54) is 10.8 Å². The summed E-state index contributed by atoms with van der Waals surface area (Å²) in [7, 11) is 0. The van der Waals surface area contributed by atoms with Crippen molar-refractivity contribution in [2.75, 3.05) is 17.6 Å². The highest BCUT2D eigenvalue weighted by Gasteiger charge is 2.13. The molecule has 3 N–H and O–H groups in total. The molecule has 0 amide bonds. The van der Waals surface area contributed by atoms with E-state index in [1.54, 1.807) is 0 Å². The summed E-state index contributed by atoms with van der Waals surface area (Å²) in [6, 6.07) is 20.5. The van der Waals surface area contributed by atoms with Gasteiger partial charge < -0.3 is 11.1 Å². The van der Waals surface area contributed by atoms with Crippen molar-refractivity contribution in [3.63, 3.8) is 0 Å². The quantitative estimate of drug-likeness (QED) is 0.659. The normalized spacial score (nSPS) is 13.4. The first-order valence-corrected chi connectivity index (χ1v) is 7.00. The zero-order valence-corrected chi connectivity index (χ0v) is 11.5. The lowest BCUT2D eigenvalue weighted by molar-refractivity contribution is 1.30. The minimum absolute atomic E-state index is 0.731. The fraction of sp³-hybridized carbons (Fsp3) is 0.0556. The van der Waals surface area contributed by atoms with Gasteiger partial charge in [0.05, 0.1) is 23.6 Å². The number of aliphatic imine (C=N–C) groups is 1. The van der Waals surface area contributed by atoms with Gasteiger partial charge in [0.15, 0.2) is 0 Å². The van der Waals surface area contributed by atoms with Crippen molar-refractivity contribution in [2.24, 2.45) is 4.99 Å². The molecule has 1 heterocycles. The monoisotopic (exact) mass is 273 g/mol. The zero-order valence-electron chi connectivity index (χ0n) is 11.5. The molecule has 102 valence electrons. The van der Waals surface area contributed by atoms with E-state index in [1.807, 2.05) is 24.3 Å². The van der Waals surface area contributed by atoms with Crippen LogP contribution < -0.4 is 11.1 Å². The van der Waals surface area contributed by atoms with Crippen LogP contribution in [-0.2, 0) is 0 Å². The number of nitrogens with zero attached hydrogens (tertiary/aromatic N) is 1. The van der Waals surface area contributed by atoms with Gasteiger partial charge in [-0.15, -0.1) is 0 Å². The molecular weight excluding hydrogens is 258 g/mol. The fourth-order valence-electron chi connectivity index (χ4n) is 2.67. The van der Waals surface area contributed by atoms with Gasteiger partial charge in [0, 0.05) is 5.69 Å². The molecule has 0 spiro atoms. The van der Waals surface area contributed by atoms with Crippen LogP contribution in [0.5, 0.6) is 0 Å². The van der Waals surface area contributed by atoms with E-state index in [0.717, 1.165) is 34.9 Å². The van der Waals surface area contributed by atoms with Crippen molar-refractivity contribution >= 4 is 33.5 Å². The first-order chi connectivity index (χ1) is 10.3. The molecule has 0 aliphatic carbocycles. The number of rotatable bonds is 1. The Morgan fingerprint density at radius 3 is 2.38 bits per heavy atom. The Labute approximate surface area is 123 Å². The van der Waals surface area contributed by atoms with Crippen LogP contribution in [-0.4, -0.2) is 12.3 Å². The Morgan fingerprint density at radius 1 is 0.905 bits per heavy atom. The molecule has 0 saturated carbocycles. The minimum atomic E-state index is 0.731. The molecule has 0 saturated heterocycles. The average molecular weight is 273 g/mol. The third-order valence-electron chi connectivity index (χ3n) is 3.81. The van der Waals surface area contributed by atoms with E-state index >= 15 is 0 Å². The van der Waals surface area contributed by atoms with E-state index in [-0.39, 0.29) is 0 Å². The second-order valence-corrected chi connectivity index (χ2v) is 5.25. The molecule has 1 aliphatic rings. The maximum Gasteiger partial charge on any atom is 0.0871 e. The maximum atomic E-state index is 5.74. The van der Waals surface area contributed by atoms with Crippen LogP contribution in [0.1, 0.15) is 5.56 Å². The molecule has 0 fully saturated rings. The molecule has 21 heavy (non-hydrogen) atoms. The number of nitrogens with one attached hydrogen (secondary N) is 1. The molecule has 3 nitrogen and oxygen atoms in total. The molecule has 1 aliphatic heterocycles. The molecular formula is C18H15N3. The van der Waals surface area contributed by atoms with Crippen LogP contribution in [0.25, 0.3) is 10.8 Å². The molecule has 3 heteroatoms. The Morgan fingerprint density at radius 2 is 1.62 bits per heavy atom. The van der Waals surface area contributed by atoms with Crippen molar-refractivity contribution in [1.29, 1.82) is 0 Å². The van der Waals surface area contributed by atoms with Crippen LogP contribution in [0, 0.1) is 0 Å². The van der Waals surface area contributed by atoms with Crippen LogP contribution in [0.4, 0.5) is 17.1 Å². The van der Waals surface area contributed by atoms with Crippen LogP contribution in [0.2, 0.25) is 0 Å². The summed E-state index contributed by atoms with van der Waals surface area (Å²) >= 11 is 0. The van der Waals surface area contributed by atoms with Gasteiger partial charge in [0.2, 0.25) is 0 Å². The fourth-order valence-corrected chi connectivity index (χ4v) is 2.67. The number of fused-ring (bicyclic) bond motifs is 2. The van der Waals surface area contributed by atoms with Crippen molar-refractivity contribution in [1.82, 2.24) is 0 Å². The molecule has 3 aromatic carbocycles. The average Bonchev–Trinajstić information content (AvgIpc) is 2.53. The third-order valence-corrected chi connectivity index (χ3v) is 3.81. The number of nitrogen functional groups attached to an aromatic ring is 1. The first kappa shape index (κ1) is 12.0. The summed E-state index contributed by atoms with van der Waals surface area (Å²) in [4.78, 5) is 4.81. The molecule has 0 unspecified atom stereocenters. The number of hydrogen-bond acceptors (Lipinski definition) is 3. The second kappa shape index (κ2) is 4.63. The van der Waals surface area contributed by atoms with Gasteiger partial charge in [-0.25, -0.2) is 4.99 Å². The Bertz CT molecular complexity index is 848. The lowest BCUT2D eigenvalue weighted by Crippen LogP contribution is -2.18. The van der Waals surface area contributed by atoms with Crippen LogP contribution >= 0.6 is 0 Å². The van der Waals surface area contributed by atoms with Gasteiger partial charge >= 0.3 is 0 Å². The topological polar surface area (TPSA) is 50.4 Å². The first-order valence-electron chi connectivity index (χ1n) is 7.00. The lowest BCUT2D eigenvalue weighted by Gasteiger charge is -2.18. The molecule has 0 aromatic heterocycles. The Kier molecular flexibility index (Phi) is 2.64. The van der Waals surface area contributed by atoms with Gasteiger partial charge in [-0.2, -0.15) is 0 Å². The molecule has 0 radical (unpaired) electrons. The summed E-state index contributed by atoms with van der Waals surface area (Å²) < 4.78 is 0. The molecule has 0 bridgehead atoms. The van der Waals surface area contributed by atoms with E-state index in [2.05, 4.69) is 41.7 Å². The molecule has 3 aromatic rings. The van der Waals surface area contributed by atoms with E-state index in [9.17, 15) is 0 Å². The van der Waals surface area contributed by atoms with Crippen LogP contribution in [0.3, 0.4) is 0 Å². The number of anilines is 2. The molecule has 4 rings (SSSR count). The smallest absolute Gasteiger partial charge is 0.0871 e. The van der Waals surface area contributed by atoms with Gasteiger partial charge in [-0.3, -0.25) is 0 Å². The Balaban J connectivity index is 1.82. The Hall–Kier alpha value is -2.81. The summed E-state index contributed by atoms with van der Waals surface area (Å²) in [6.07, 6.45) is 0. The third kappa shape index (κ3) is 2.13.